The van der Waals surface area contributed by atoms with Gasteiger partial charge in [0.2, 0.25) is 10.0 Å². The Balaban J connectivity index is 2.39. The molecule has 1 aliphatic carbocycles. The molecule has 0 unspecified atom stereocenters. The molecule has 1 rings (SSSR count). The van der Waals surface area contributed by atoms with E-state index in [1.54, 1.807) is 4.31 Å². The van der Waals surface area contributed by atoms with E-state index in [2.05, 4.69) is 0 Å². The molecule has 0 spiro atoms. The lowest BCUT2D eigenvalue weighted by Gasteiger charge is -2.18. The van der Waals surface area contributed by atoms with Crippen LogP contribution < -0.4 is 0 Å². The number of rotatable bonds is 6. The summed E-state index contributed by atoms with van der Waals surface area (Å²) >= 11 is 0. The first-order chi connectivity index (χ1) is 6.05. The molecule has 0 radical (unpaired) electrons. The van der Waals surface area contributed by atoms with Crippen molar-refractivity contribution in [2.45, 2.75) is 31.7 Å². The number of nitrogens with zero attached hydrogens (tertiary/aromatic N) is 1. The van der Waals surface area contributed by atoms with Gasteiger partial charge in [0, 0.05) is 19.2 Å². The number of hydrogen-bond donors (Lipinski definition) is 1. The van der Waals surface area contributed by atoms with Crippen LogP contribution >= 0.6 is 0 Å². The van der Waals surface area contributed by atoms with Gasteiger partial charge in [0.05, 0.1) is 6.26 Å². The van der Waals surface area contributed by atoms with Gasteiger partial charge in [-0.05, 0) is 25.7 Å². The van der Waals surface area contributed by atoms with Crippen LogP contribution in [-0.4, -0.2) is 43.3 Å². The molecule has 0 aromatic carbocycles. The lowest BCUT2D eigenvalue weighted by Crippen LogP contribution is -2.33. The maximum atomic E-state index is 11.3. The maximum Gasteiger partial charge on any atom is 0.211 e. The van der Waals surface area contributed by atoms with Crippen LogP contribution in [0.15, 0.2) is 0 Å². The minimum absolute atomic E-state index is 0.141. The van der Waals surface area contributed by atoms with E-state index in [0.717, 1.165) is 19.3 Å². The molecule has 0 saturated heterocycles. The van der Waals surface area contributed by atoms with E-state index in [1.807, 2.05) is 0 Å². The van der Waals surface area contributed by atoms with Crippen LogP contribution in [0.5, 0.6) is 0 Å². The molecule has 0 atom stereocenters. The smallest absolute Gasteiger partial charge is 0.211 e. The average molecular weight is 207 g/mol. The van der Waals surface area contributed by atoms with E-state index in [4.69, 9.17) is 5.11 Å². The summed E-state index contributed by atoms with van der Waals surface area (Å²) in [4.78, 5) is 0. The Hall–Kier alpha value is -0.130. The molecular weight excluding hydrogens is 190 g/mol. The van der Waals surface area contributed by atoms with Gasteiger partial charge in [0.15, 0.2) is 0 Å². The summed E-state index contributed by atoms with van der Waals surface area (Å²) in [5.41, 5.74) is 0. The molecule has 0 bridgehead atoms. The highest BCUT2D eigenvalue weighted by Gasteiger charge is 2.34. The zero-order chi connectivity index (χ0) is 9.90. The van der Waals surface area contributed by atoms with E-state index >= 15 is 0 Å². The first kappa shape index (κ1) is 10.9. The van der Waals surface area contributed by atoms with Gasteiger partial charge >= 0.3 is 0 Å². The van der Waals surface area contributed by atoms with Gasteiger partial charge in [-0.15, -0.1) is 0 Å². The number of unbranched alkanes of at least 4 members (excludes halogenated alkanes) is 1. The molecule has 1 fully saturated rings. The molecule has 0 amide bonds. The monoisotopic (exact) mass is 207 g/mol. The minimum atomic E-state index is -3.03. The van der Waals surface area contributed by atoms with Gasteiger partial charge in [-0.3, -0.25) is 0 Å². The first-order valence-corrected chi connectivity index (χ1v) is 6.48. The van der Waals surface area contributed by atoms with Crippen molar-refractivity contribution in [3.63, 3.8) is 0 Å². The van der Waals surface area contributed by atoms with Crippen molar-refractivity contribution in [1.29, 1.82) is 0 Å². The third kappa shape index (κ3) is 3.62. The Labute approximate surface area is 79.6 Å². The first-order valence-electron chi connectivity index (χ1n) is 4.63. The molecule has 4 nitrogen and oxygen atoms in total. The SMILES string of the molecule is CS(=O)(=O)N(CCCCO)C1CC1. The Kier molecular flexibility index (Phi) is 3.70. The standard InChI is InChI=1S/C8H17NO3S/c1-13(11,12)9(8-4-5-8)6-2-3-7-10/h8,10H,2-7H2,1H3. The Morgan fingerprint density at radius 2 is 2.00 bits per heavy atom. The molecule has 0 aliphatic heterocycles. The van der Waals surface area contributed by atoms with Crippen LogP contribution in [0, 0.1) is 0 Å². The molecule has 5 heteroatoms. The van der Waals surface area contributed by atoms with Crippen LogP contribution in [0.1, 0.15) is 25.7 Å². The van der Waals surface area contributed by atoms with Crippen molar-refractivity contribution >= 4 is 10.0 Å². The number of aliphatic hydroxyl groups excluding tert-OH is 1. The second-order valence-electron chi connectivity index (χ2n) is 3.54. The summed E-state index contributed by atoms with van der Waals surface area (Å²) in [6.45, 7) is 0.701. The molecule has 0 aromatic rings. The topological polar surface area (TPSA) is 57.6 Å². The van der Waals surface area contributed by atoms with Gasteiger partial charge in [0.1, 0.15) is 0 Å². The van der Waals surface area contributed by atoms with E-state index in [0.29, 0.717) is 13.0 Å². The fourth-order valence-corrected chi connectivity index (χ4v) is 2.57. The van der Waals surface area contributed by atoms with Crippen molar-refractivity contribution in [1.82, 2.24) is 4.31 Å². The summed E-state index contributed by atoms with van der Waals surface area (Å²) in [6, 6.07) is 0.244. The maximum absolute atomic E-state index is 11.3. The third-order valence-electron chi connectivity index (χ3n) is 2.17. The predicted octanol–water partition coefficient (Wildman–Crippen LogP) is 0.183. The van der Waals surface area contributed by atoms with Crippen molar-refractivity contribution in [2.24, 2.45) is 0 Å². The second-order valence-corrected chi connectivity index (χ2v) is 5.47. The van der Waals surface area contributed by atoms with Crippen molar-refractivity contribution in [2.75, 3.05) is 19.4 Å². The molecule has 1 N–H and O–H groups in total. The summed E-state index contributed by atoms with van der Waals surface area (Å²) in [6.07, 6.45) is 4.67. The van der Waals surface area contributed by atoms with Crippen LogP contribution in [0.25, 0.3) is 0 Å². The van der Waals surface area contributed by atoms with Crippen LogP contribution in [-0.2, 0) is 10.0 Å². The largest absolute Gasteiger partial charge is 0.396 e. The van der Waals surface area contributed by atoms with Gasteiger partial charge in [-0.25, -0.2) is 8.42 Å². The zero-order valence-corrected chi connectivity index (χ0v) is 8.76. The zero-order valence-electron chi connectivity index (χ0n) is 7.94. The number of hydrogen-bond acceptors (Lipinski definition) is 3. The molecule has 0 aromatic heterocycles. The molecule has 1 aliphatic rings. The summed E-state index contributed by atoms with van der Waals surface area (Å²) in [5, 5.41) is 8.57. The van der Waals surface area contributed by atoms with E-state index < -0.39 is 10.0 Å². The lowest BCUT2D eigenvalue weighted by atomic mass is 10.3. The Morgan fingerprint density at radius 3 is 2.38 bits per heavy atom. The summed E-state index contributed by atoms with van der Waals surface area (Å²) in [5.74, 6) is 0. The predicted molar refractivity (Wildman–Crippen MR) is 50.9 cm³/mol. The quantitative estimate of drug-likeness (QED) is 0.632. The van der Waals surface area contributed by atoms with Crippen LogP contribution in [0.4, 0.5) is 0 Å². The number of aliphatic hydroxyl groups is 1. The van der Waals surface area contributed by atoms with E-state index in [1.165, 1.54) is 6.26 Å². The molecular formula is C8H17NO3S. The average Bonchev–Trinajstić information content (AvgIpc) is 2.78. The molecule has 1 saturated carbocycles. The van der Waals surface area contributed by atoms with Gasteiger partial charge in [-0.1, -0.05) is 0 Å². The normalized spacial score (nSPS) is 18.1. The summed E-state index contributed by atoms with van der Waals surface area (Å²) in [7, 11) is -3.03. The van der Waals surface area contributed by atoms with Crippen molar-refractivity contribution in [3.8, 4) is 0 Å². The molecule has 0 heterocycles. The van der Waals surface area contributed by atoms with Gasteiger partial charge in [-0.2, -0.15) is 4.31 Å². The lowest BCUT2D eigenvalue weighted by molar-refractivity contribution is 0.275. The Bertz CT molecular complexity index is 246. The minimum Gasteiger partial charge on any atom is -0.396 e. The van der Waals surface area contributed by atoms with Crippen molar-refractivity contribution < 1.29 is 13.5 Å². The number of sulfonamides is 1. The van der Waals surface area contributed by atoms with Crippen LogP contribution in [0.3, 0.4) is 0 Å². The highest BCUT2D eigenvalue weighted by Crippen LogP contribution is 2.28. The third-order valence-corrected chi connectivity index (χ3v) is 3.50. The van der Waals surface area contributed by atoms with E-state index in [9.17, 15) is 8.42 Å². The highest BCUT2D eigenvalue weighted by atomic mass is 32.2. The highest BCUT2D eigenvalue weighted by molar-refractivity contribution is 7.88. The summed E-state index contributed by atoms with van der Waals surface area (Å²) < 4.78 is 24.1. The second kappa shape index (κ2) is 4.39. The molecule has 78 valence electrons. The van der Waals surface area contributed by atoms with Crippen molar-refractivity contribution in [3.05, 3.63) is 0 Å². The van der Waals surface area contributed by atoms with Crippen LogP contribution in [0.2, 0.25) is 0 Å². The van der Waals surface area contributed by atoms with Gasteiger partial charge in [0.25, 0.3) is 0 Å². The fourth-order valence-electron chi connectivity index (χ4n) is 1.36. The molecule has 13 heavy (non-hydrogen) atoms. The van der Waals surface area contributed by atoms with Gasteiger partial charge < -0.3 is 5.11 Å². The van der Waals surface area contributed by atoms with E-state index in [-0.39, 0.29) is 12.6 Å². The fraction of sp³-hybridized carbons (Fsp3) is 1.00. The Morgan fingerprint density at radius 1 is 1.38 bits per heavy atom.